The smallest absolute Gasteiger partial charge is 0.437 e. The summed E-state index contributed by atoms with van der Waals surface area (Å²) >= 11 is 0. The van der Waals surface area contributed by atoms with Crippen molar-refractivity contribution in [2.45, 2.75) is 91.8 Å². The van der Waals surface area contributed by atoms with Gasteiger partial charge in [-0.15, -0.1) is 10.1 Å². The van der Waals surface area contributed by atoms with Crippen LogP contribution in [0.25, 0.3) is 11.3 Å². The van der Waals surface area contributed by atoms with Gasteiger partial charge in [-0.3, -0.25) is 9.59 Å². The fraction of sp³-hybridized carbons (Fsp3) is 0.475. The minimum Gasteiger partial charge on any atom is -0.490 e. The molecule has 1 aliphatic rings. The molecule has 0 aliphatic carbocycles. The summed E-state index contributed by atoms with van der Waals surface area (Å²) in [6.07, 6.45) is -2.11. The number of carboxylic acids is 1. The number of ether oxygens (including phenoxy) is 4. The summed E-state index contributed by atoms with van der Waals surface area (Å²) in [6.45, 7) is 15.3. The number of hydrogen-bond acceptors (Lipinski definition) is 11. The molecule has 0 saturated carbocycles. The van der Waals surface area contributed by atoms with Crippen LogP contribution in [-0.4, -0.2) is 98.0 Å². The monoisotopic (exact) mass is 808 g/mol. The number of fused-ring (bicyclic) bond motifs is 1. The topological polar surface area (TPSA) is 218 Å². The van der Waals surface area contributed by atoms with Gasteiger partial charge in [-0.2, -0.15) is 0 Å². The lowest BCUT2D eigenvalue weighted by Crippen LogP contribution is -2.42. The van der Waals surface area contributed by atoms with E-state index in [1.807, 2.05) is 0 Å². The Morgan fingerprint density at radius 3 is 1.72 bits per heavy atom. The molecule has 18 nitrogen and oxygen atoms in total. The first-order chi connectivity index (χ1) is 26.9. The quantitative estimate of drug-likeness (QED) is 0.153. The van der Waals surface area contributed by atoms with E-state index in [4.69, 9.17) is 23.8 Å². The number of nitrogens with one attached hydrogen (secondary N) is 2. The Bertz CT molecular complexity index is 2020. The van der Waals surface area contributed by atoms with Gasteiger partial charge in [0.25, 0.3) is 11.8 Å². The predicted octanol–water partition coefficient (Wildman–Crippen LogP) is 5.05. The molecule has 0 fully saturated rings. The summed E-state index contributed by atoms with van der Waals surface area (Å²) in [5, 5.41) is 15.7. The molecule has 0 bridgehead atoms. The molecule has 3 aromatic rings. The third-order valence-corrected chi connectivity index (χ3v) is 7.92. The number of imide groups is 1. The first kappa shape index (κ1) is 44.5. The summed E-state index contributed by atoms with van der Waals surface area (Å²) in [6, 6.07) is 12.6. The summed E-state index contributed by atoms with van der Waals surface area (Å²) in [5.74, 6) is -3.22. The van der Waals surface area contributed by atoms with Crippen molar-refractivity contribution in [3.63, 3.8) is 0 Å². The van der Waals surface area contributed by atoms with Gasteiger partial charge in [-0.1, -0.05) is 12.1 Å². The van der Waals surface area contributed by atoms with E-state index in [2.05, 4.69) is 15.6 Å². The van der Waals surface area contributed by atoms with E-state index < -0.39 is 71.5 Å². The maximum Gasteiger partial charge on any atom is 0.437 e. The summed E-state index contributed by atoms with van der Waals surface area (Å²) in [4.78, 5) is 85.3. The number of imidazole rings is 1. The van der Waals surface area contributed by atoms with Gasteiger partial charge in [-0.25, -0.2) is 24.0 Å². The van der Waals surface area contributed by atoms with Gasteiger partial charge in [0.2, 0.25) is 11.7 Å². The molecule has 1 atom stereocenters. The highest BCUT2D eigenvalue weighted by Gasteiger charge is 2.39. The lowest BCUT2D eigenvalue weighted by atomic mass is 10.1. The minimum atomic E-state index is -1.70. The number of carbonyl (C=O) groups is 6. The Kier molecular flexibility index (Phi) is 13.8. The molecule has 0 saturated heterocycles. The van der Waals surface area contributed by atoms with Crippen LogP contribution >= 0.6 is 0 Å². The number of hydroxylamine groups is 2. The van der Waals surface area contributed by atoms with Crippen LogP contribution in [0.15, 0.2) is 59.7 Å². The van der Waals surface area contributed by atoms with Crippen LogP contribution in [0, 0.1) is 5.92 Å². The van der Waals surface area contributed by atoms with E-state index in [0.29, 0.717) is 16.3 Å². The van der Waals surface area contributed by atoms with E-state index in [0.717, 1.165) is 0 Å². The molecule has 314 valence electrons. The number of carbonyl (C=O) groups excluding carboxylic acids is 5. The Morgan fingerprint density at radius 2 is 1.26 bits per heavy atom. The van der Waals surface area contributed by atoms with Crippen LogP contribution in [-0.2, 0) is 37.4 Å². The molecule has 18 heteroatoms. The molecule has 0 radical (unpaired) electrons. The van der Waals surface area contributed by atoms with Gasteiger partial charge in [-0.05, 0) is 104 Å². The Balaban J connectivity index is 1.58. The lowest BCUT2D eigenvalue weighted by Gasteiger charge is -2.24. The summed E-state index contributed by atoms with van der Waals surface area (Å²) < 4.78 is 25.4. The van der Waals surface area contributed by atoms with Crippen molar-refractivity contribution in [3.05, 3.63) is 71.5 Å². The Hall–Kier alpha value is -6.17. The number of aliphatic carboxylic acids is 1. The average molecular weight is 809 g/mol. The zero-order valence-corrected chi connectivity index (χ0v) is 34.4. The van der Waals surface area contributed by atoms with E-state index in [9.17, 15) is 33.9 Å². The van der Waals surface area contributed by atoms with Gasteiger partial charge < -0.3 is 43.8 Å². The molecule has 1 aliphatic heterocycles. The maximum absolute atomic E-state index is 13.0. The van der Waals surface area contributed by atoms with Crippen LogP contribution in [0.2, 0.25) is 0 Å². The number of alkyl carbamates (subject to hydrolysis) is 2. The first-order valence-corrected chi connectivity index (χ1v) is 18.5. The number of benzene rings is 2. The SMILES string of the molecule is Cn1c(-c2ccc(OCC(ON3C(=O)c4ccccc4C3=O)C(=O)O)cc2)cn(CC(CNC(=O)OC(C)(C)C)CNC(=O)OC(C)(C)C)c1=NC(=O)OC(C)(C)C. The van der Waals surface area contributed by atoms with E-state index >= 15 is 0 Å². The van der Waals surface area contributed by atoms with Gasteiger partial charge >= 0.3 is 24.2 Å². The van der Waals surface area contributed by atoms with Crippen molar-refractivity contribution >= 4 is 36.1 Å². The third kappa shape index (κ3) is 12.7. The maximum atomic E-state index is 13.0. The molecule has 3 N–H and O–H groups in total. The van der Waals surface area contributed by atoms with E-state index in [-0.39, 0.29) is 42.1 Å². The molecule has 5 amide bonds. The fourth-order valence-electron chi connectivity index (χ4n) is 5.49. The van der Waals surface area contributed by atoms with Crippen LogP contribution < -0.4 is 21.0 Å². The number of hydrogen-bond donors (Lipinski definition) is 3. The highest BCUT2D eigenvalue weighted by atomic mass is 16.7. The molecule has 58 heavy (non-hydrogen) atoms. The highest BCUT2D eigenvalue weighted by Crippen LogP contribution is 2.25. The van der Waals surface area contributed by atoms with Crippen LogP contribution in [0.1, 0.15) is 83.0 Å². The highest BCUT2D eigenvalue weighted by molar-refractivity contribution is 6.20. The summed E-state index contributed by atoms with van der Waals surface area (Å²) in [7, 11) is 1.69. The van der Waals surface area contributed by atoms with Crippen molar-refractivity contribution < 1.29 is 57.7 Å². The molecule has 1 aromatic heterocycles. The Morgan fingerprint density at radius 1 is 0.759 bits per heavy atom. The van der Waals surface area contributed by atoms with Gasteiger partial charge in [0.1, 0.15) is 29.2 Å². The van der Waals surface area contributed by atoms with Crippen molar-refractivity contribution in [2.24, 2.45) is 18.0 Å². The second kappa shape index (κ2) is 18.0. The normalized spacial score (nSPS) is 13.9. The molecule has 0 spiro atoms. The first-order valence-electron chi connectivity index (χ1n) is 18.5. The average Bonchev–Trinajstić information content (AvgIpc) is 3.52. The molecule has 2 heterocycles. The second-order valence-corrected chi connectivity index (χ2v) is 16.5. The molecular formula is C40H52N6O12. The van der Waals surface area contributed by atoms with Crippen LogP contribution in [0.5, 0.6) is 5.75 Å². The van der Waals surface area contributed by atoms with E-state index in [1.165, 1.54) is 12.1 Å². The number of nitrogens with zero attached hydrogens (tertiary/aromatic N) is 4. The largest absolute Gasteiger partial charge is 0.490 e. The second-order valence-electron chi connectivity index (χ2n) is 16.5. The number of carboxylic acid groups (broad SMARTS) is 1. The van der Waals surface area contributed by atoms with Crippen molar-refractivity contribution in [1.82, 2.24) is 24.8 Å². The van der Waals surface area contributed by atoms with E-state index in [1.54, 1.807) is 121 Å². The molecular weight excluding hydrogens is 756 g/mol. The third-order valence-electron chi connectivity index (χ3n) is 7.92. The zero-order chi connectivity index (χ0) is 43.2. The summed E-state index contributed by atoms with van der Waals surface area (Å²) in [5.41, 5.74) is -0.701. The zero-order valence-electron chi connectivity index (χ0n) is 34.4. The number of aromatic nitrogens is 2. The number of amides is 5. The minimum absolute atomic E-state index is 0.0634. The van der Waals surface area contributed by atoms with Gasteiger partial charge in [0.15, 0.2) is 0 Å². The van der Waals surface area contributed by atoms with Crippen molar-refractivity contribution in [2.75, 3.05) is 19.7 Å². The van der Waals surface area contributed by atoms with Crippen LogP contribution in [0.4, 0.5) is 14.4 Å². The van der Waals surface area contributed by atoms with Gasteiger partial charge in [0, 0.05) is 38.8 Å². The van der Waals surface area contributed by atoms with Crippen LogP contribution in [0.3, 0.4) is 0 Å². The predicted molar refractivity (Wildman–Crippen MR) is 208 cm³/mol. The molecule has 1 unspecified atom stereocenters. The Labute approximate surface area is 336 Å². The molecule has 2 aromatic carbocycles. The molecule has 4 rings (SSSR count). The number of rotatable bonds is 13. The van der Waals surface area contributed by atoms with Crippen molar-refractivity contribution in [1.29, 1.82) is 0 Å². The standard InChI is InChI=1S/C40H52N6O12/c1-38(2,3)55-35(51)41-19-24(20-42-36(52)56-39(4,5)6)21-45-22-29(44(10)34(45)43-37(53)57-40(7,8)9)25-15-17-26(18-16-25)54-23-30(33(49)50)58-46-31(47)27-13-11-12-14-28(27)32(46)48/h11-18,22,24,30H,19-21,23H2,1-10H3,(H,41,51)(H,42,52)(H,49,50). The van der Waals surface area contributed by atoms with Gasteiger partial charge in [0.05, 0.1) is 16.8 Å². The van der Waals surface area contributed by atoms with Crippen molar-refractivity contribution in [3.8, 4) is 17.0 Å². The lowest BCUT2D eigenvalue weighted by molar-refractivity contribution is -0.178. The fourth-order valence-corrected chi connectivity index (χ4v) is 5.49.